The zero-order valence-electron chi connectivity index (χ0n) is 5.93. The molecule has 2 radical (unpaired) electrons. The van der Waals surface area contributed by atoms with Gasteiger partial charge in [-0.1, -0.05) is 38.9 Å². The Bertz CT molecular complexity index is 30.2. The van der Waals surface area contributed by atoms with E-state index in [0.717, 1.165) is 6.32 Å². The van der Waals surface area contributed by atoms with E-state index in [1.54, 1.807) is 0 Å². The molecule has 0 bridgehead atoms. The Labute approximate surface area is 72.0 Å². The highest BCUT2D eigenvalue weighted by atomic mass is 35.5. The molecule has 9 heavy (non-hydrogen) atoms. The van der Waals surface area contributed by atoms with E-state index in [1.165, 1.54) is 25.7 Å². The monoisotopic (exact) mass is 168 g/mol. The number of hydrogen-bond acceptors (Lipinski definition) is 0. The first-order valence-electron chi connectivity index (χ1n) is 3.12. The van der Waals surface area contributed by atoms with Crippen LogP contribution in [0.4, 0.5) is 0 Å². The Morgan fingerprint density at radius 2 is 1.56 bits per heavy atom. The van der Waals surface area contributed by atoms with Crippen LogP contribution in [0, 0.1) is 0 Å². The van der Waals surface area contributed by atoms with Crippen LogP contribution in [-0.4, -0.2) is 7.85 Å². The van der Waals surface area contributed by atoms with Gasteiger partial charge in [-0.15, -0.1) is 24.8 Å². The lowest BCUT2D eigenvalue weighted by Crippen LogP contribution is -1.72. The summed E-state index contributed by atoms with van der Waals surface area (Å²) in [5, 5.41) is 0. The molecule has 0 aliphatic rings. The normalized spacial score (nSPS) is 7.22. The quantitative estimate of drug-likeness (QED) is 0.448. The number of hydrogen-bond donors (Lipinski definition) is 0. The van der Waals surface area contributed by atoms with E-state index in [-0.39, 0.29) is 24.8 Å². The average Bonchev–Trinajstić information content (AvgIpc) is 1.69. The van der Waals surface area contributed by atoms with Gasteiger partial charge in [0.25, 0.3) is 0 Å². The van der Waals surface area contributed by atoms with Crippen molar-refractivity contribution in [2.24, 2.45) is 0 Å². The summed E-state index contributed by atoms with van der Waals surface area (Å²) in [6.07, 6.45) is 6.03. The van der Waals surface area contributed by atoms with E-state index < -0.39 is 0 Å². The molecule has 0 aromatic heterocycles. The standard InChI is InChI=1S/C6H13B.2ClH/c1-2-3-4-5-6-7;;/h2-6H2,1H3;2*1H. The molecule has 0 saturated carbocycles. The molecule has 0 fully saturated rings. The molecule has 0 rings (SSSR count). The van der Waals surface area contributed by atoms with E-state index in [9.17, 15) is 0 Å². The fraction of sp³-hybridized carbons (Fsp3) is 1.00. The van der Waals surface area contributed by atoms with Crippen LogP contribution in [0.3, 0.4) is 0 Å². The average molecular weight is 169 g/mol. The Morgan fingerprint density at radius 1 is 1.00 bits per heavy atom. The van der Waals surface area contributed by atoms with E-state index >= 15 is 0 Å². The molecule has 0 atom stereocenters. The van der Waals surface area contributed by atoms with Gasteiger partial charge in [-0.25, -0.2) is 0 Å². The second kappa shape index (κ2) is 15.9. The first-order valence-corrected chi connectivity index (χ1v) is 3.12. The maximum atomic E-state index is 5.27. The molecule has 0 aromatic carbocycles. The molecule has 56 valence electrons. The van der Waals surface area contributed by atoms with Crippen molar-refractivity contribution in [1.29, 1.82) is 0 Å². The lowest BCUT2D eigenvalue weighted by molar-refractivity contribution is 0.701. The smallest absolute Gasteiger partial charge is 0.0653 e. The molecule has 0 aliphatic carbocycles. The van der Waals surface area contributed by atoms with Crippen molar-refractivity contribution >= 4 is 32.7 Å². The zero-order valence-corrected chi connectivity index (χ0v) is 7.56. The Morgan fingerprint density at radius 3 is 1.89 bits per heavy atom. The van der Waals surface area contributed by atoms with E-state index in [1.807, 2.05) is 0 Å². The lowest BCUT2D eigenvalue weighted by atomic mass is 9.99. The van der Waals surface area contributed by atoms with Crippen LogP contribution in [0.15, 0.2) is 0 Å². The van der Waals surface area contributed by atoms with E-state index in [0.29, 0.717) is 0 Å². The molecule has 0 saturated heterocycles. The van der Waals surface area contributed by atoms with Crippen LogP contribution in [0.2, 0.25) is 6.32 Å². The van der Waals surface area contributed by atoms with Gasteiger partial charge in [0, 0.05) is 0 Å². The fourth-order valence-corrected chi connectivity index (χ4v) is 0.571. The van der Waals surface area contributed by atoms with Gasteiger partial charge in [-0.05, 0) is 0 Å². The highest BCUT2D eigenvalue weighted by molar-refractivity contribution is 6.08. The second-order valence-corrected chi connectivity index (χ2v) is 1.85. The molecule has 0 unspecified atom stereocenters. The minimum Gasteiger partial charge on any atom is -0.147 e. The topological polar surface area (TPSA) is 0 Å². The highest BCUT2D eigenvalue weighted by Crippen LogP contribution is 1.99. The summed E-state index contributed by atoms with van der Waals surface area (Å²) in [7, 11) is 5.27. The Kier molecular flexibility index (Phi) is 28.8. The summed E-state index contributed by atoms with van der Waals surface area (Å²) < 4.78 is 0. The van der Waals surface area contributed by atoms with Crippen LogP contribution >= 0.6 is 24.8 Å². The van der Waals surface area contributed by atoms with Crippen molar-refractivity contribution < 1.29 is 0 Å². The molecule has 0 nitrogen and oxygen atoms in total. The van der Waals surface area contributed by atoms with Crippen molar-refractivity contribution in [2.45, 2.75) is 38.9 Å². The largest absolute Gasteiger partial charge is 0.147 e. The molecule has 0 aromatic rings. The van der Waals surface area contributed by atoms with Crippen molar-refractivity contribution in [2.75, 3.05) is 0 Å². The van der Waals surface area contributed by atoms with Crippen LogP contribution in [0.1, 0.15) is 32.6 Å². The fourth-order valence-electron chi connectivity index (χ4n) is 0.571. The summed E-state index contributed by atoms with van der Waals surface area (Å²) in [6.45, 7) is 2.20. The Hall–Kier alpha value is 0.645. The third-order valence-electron chi connectivity index (χ3n) is 1.06. The van der Waals surface area contributed by atoms with Gasteiger partial charge >= 0.3 is 0 Å². The Balaban J connectivity index is -0.000000180. The predicted octanol–water partition coefficient (Wildman–Crippen LogP) is 3.00. The lowest BCUT2D eigenvalue weighted by Gasteiger charge is -1.90. The molecule has 0 amide bonds. The molecule has 0 spiro atoms. The van der Waals surface area contributed by atoms with Gasteiger partial charge in [0.15, 0.2) is 0 Å². The summed E-state index contributed by atoms with van der Waals surface area (Å²) in [5.74, 6) is 0. The van der Waals surface area contributed by atoms with Crippen LogP contribution < -0.4 is 0 Å². The van der Waals surface area contributed by atoms with Crippen molar-refractivity contribution in [3.8, 4) is 0 Å². The zero-order chi connectivity index (χ0) is 5.54. The van der Waals surface area contributed by atoms with Gasteiger partial charge < -0.3 is 0 Å². The maximum Gasteiger partial charge on any atom is 0.0653 e. The summed E-state index contributed by atoms with van der Waals surface area (Å²) >= 11 is 0. The van der Waals surface area contributed by atoms with Crippen molar-refractivity contribution in [3.05, 3.63) is 0 Å². The van der Waals surface area contributed by atoms with E-state index in [4.69, 9.17) is 7.85 Å². The predicted molar refractivity (Wildman–Crippen MR) is 49.2 cm³/mol. The minimum absolute atomic E-state index is 0. The molecule has 0 N–H and O–H groups in total. The van der Waals surface area contributed by atoms with Gasteiger partial charge in [0.2, 0.25) is 0 Å². The summed E-state index contributed by atoms with van der Waals surface area (Å²) in [4.78, 5) is 0. The number of unbranched alkanes of at least 4 members (excludes halogenated alkanes) is 3. The third-order valence-corrected chi connectivity index (χ3v) is 1.06. The molecular weight excluding hydrogens is 154 g/mol. The van der Waals surface area contributed by atoms with Gasteiger partial charge in [-0.3, -0.25) is 0 Å². The highest BCUT2D eigenvalue weighted by Gasteiger charge is 1.80. The first kappa shape index (κ1) is 16.3. The number of halogens is 2. The van der Waals surface area contributed by atoms with Gasteiger partial charge in [0.1, 0.15) is 0 Å². The molecule has 0 heterocycles. The minimum atomic E-state index is 0. The van der Waals surface area contributed by atoms with E-state index in [2.05, 4.69) is 6.92 Å². The maximum absolute atomic E-state index is 5.27. The number of rotatable bonds is 4. The first-order chi connectivity index (χ1) is 3.41. The molecule has 0 aliphatic heterocycles. The van der Waals surface area contributed by atoms with Gasteiger partial charge in [-0.2, -0.15) is 0 Å². The third kappa shape index (κ3) is 17.7. The SMILES string of the molecule is Cl.Cl.[B]CCCCCC. The van der Waals surface area contributed by atoms with Crippen molar-refractivity contribution in [1.82, 2.24) is 0 Å². The van der Waals surface area contributed by atoms with Crippen LogP contribution in [-0.2, 0) is 0 Å². The van der Waals surface area contributed by atoms with Gasteiger partial charge in [0.05, 0.1) is 7.85 Å². The van der Waals surface area contributed by atoms with Crippen LogP contribution in [0.25, 0.3) is 0 Å². The second-order valence-electron chi connectivity index (χ2n) is 1.85. The molecule has 3 heteroatoms. The summed E-state index contributed by atoms with van der Waals surface area (Å²) in [6, 6.07) is 0. The van der Waals surface area contributed by atoms with Crippen LogP contribution in [0.5, 0.6) is 0 Å². The summed E-state index contributed by atoms with van der Waals surface area (Å²) in [5.41, 5.74) is 0. The van der Waals surface area contributed by atoms with Crippen molar-refractivity contribution in [3.63, 3.8) is 0 Å². The molecular formula is C6H15BCl2.